The number of methoxy groups -OCH3 is 1. The highest BCUT2D eigenvalue weighted by Gasteiger charge is 2.26. The molecule has 2 nitrogen and oxygen atoms in total. The fourth-order valence-corrected chi connectivity index (χ4v) is 2.93. The molecular weight excluding hydrogens is 331 g/mol. The van der Waals surface area contributed by atoms with Crippen LogP contribution in [0.1, 0.15) is 17.0 Å². The van der Waals surface area contributed by atoms with Gasteiger partial charge in [0.1, 0.15) is 0 Å². The van der Waals surface area contributed by atoms with E-state index in [2.05, 4.69) is 0 Å². The average Bonchev–Trinajstić information content (AvgIpc) is 2.47. The fourth-order valence-electron chi connectivity index (χ4n) is 2.15. The number of benzene rings is 2. The van der Waals surface area contributed by atoms with Crippen LogP contribution in [-0.2, 0) is 16.0 Å². The molecule has 110 valence electrons. The SMILES string of the molecule is COC(=O)C(Cc1ccc(Cl)cc1)c1c(Cl)cccc1Cl. The third-order valence-corrected chi connectivity index (χ3v) is 4.10. The van der Waals surface area contributed by atoms with Crippen molar-refractivity contribution in [1.82, 2.24) is 0 Å². The second-order valence-corrected chi connectivity index (χ2v) is 5.79. The summed E-state index contributed by atoms with van der Waals surface area (Å²) >= 11 is 18.3. The smallest absolute Gasteiger partial charge is 0.313 e. The second-order valence-electron chi connectivity index (χ2n) is 4.54. The van der Waals surface area contributed by atoms with Gasteiger partial charge in [0.25, 0.3) is 0 Å². The lowest BCUT2D eigenvalue weighted by Gasteiger charge is -2.18. The van der Waals surface area contributed by atoms with Gasteiger partial charge in [-0.1, -0.05) is 53.0 Å². The van der Waals surface area contributed by atoms with Crippen molar-refractivity contribution in [2.75, 3.05) is 7.11 Å². The first kappa shape index (κ1) is 16.2. The molecule has 0 aromatic heterocycles. The number of rotatable bonds is 4. The molecule has 5 heteroatoms. The summed E-state index contributed by atoms with van der Waals surface area (Å²) in [6.07, 6.45) is 0.438. The van der Waals surface area contributed by atoms with Gasteiger partial charge in [-0.05, 0) is 36.2 Å². The Labute approximate surface area is 138 Å². The summed E-state index contributed by atoms with van der Waals surface area (Å²) in [6.45, 7) is 0. The van der Waals surface area contributed by atoms with E-state index < -0.39 is 5.92 Å². The molecule has 1 unspecified atom stereocenters. The molecule has 0 saturated carbocycles. The number of carbonyl (C=O) groups is 1. The van der Waals surface area contributed by atoms with Crippen molar-refractivity contribution in [3.63, 3.8) is 0 Å². The summed E-state index contributed by atoms with van der Waals surface area (Å²) in [4.78, 5) is 12.1. The molecule has 1 atom stereocenters. The largest absolute Gasteiger partial charge is 0.469 e. The first-order chi connectivity index (χ1) is 10.0. The van der Waals surface area contributed by atoms with E-state index >= 15 is 0 Å². The lowest BCUT2D eigenvalue weighted by atomic mass is 9.92. The predicted molar refractivity (Wildman–Crippen MR) is 86.4 cm³/mol. The van der Waals surface area contributed by atoms with Gasteiger partial charge < -0.3 is 4.74 Å². The number of hydrogen-bond acceptors (Lipinski definition) is 2. The molecule has 2 rings (SSSR count). The first-order valence-corrected chi connectivity index (χ1v) is 7.42. The van der Waals surface area contributed by atoms with Gasteiger partial charge in [-0.3, -0.25) is 4.79 Å². The van der Waals surface area contributed by atoms with Crippen molar-refractivity contribution in [3.05, 3.63) is 68.7 Å². The summed E-state index contributed by atoms with van der Waals surface area (Å²) in [6, 6.07) is 12.4. The maximum atomic E-state index is 12.1. The van der Waals surface area contributed by atoms with Gasteiger partial charge in [0.2, 0.25) is 0 Å². The van der Waals surface area contributed by atoms with E-state index in [1.54, 1.807) is 30.3 Å². The van der Waals surface area contributed by atoms with Crippen LogP contribution in [0.4, 0.5) is 0 Å². The predicted octanol–water partition coefficient (Wildman–Crippen LogP) is 5.15. The van der Waals surface area contributed by atoms with E-state index in [0.717, 1.165) is 5.56 Å². The summed E-state index contributed by atoms with van der Waals surface area (Å²) in [5, 5.41) is 1.54. The van der Waals surface area contributed by atoms with Gasteiger partial charge in [-0.15, -0.1) is 0 Å². The van der Waals surface area contributed by atoms with Crippen LogP contribution in [0.5, 0.6) is 0 Å². The molecule has 0 aliphatic heterocycles. The Hall–Kier alpha value is -1.22. The molecule has 0 aliphatic rings. The Balaban J connectivity index is 2.39. The molecule has 21 heavy (non-hydrogen) atoms. The Morgan fingerprint density at radius 3 is 2.14 bits per heavy atom. The molecule has 0 saturated heterocycles. The topological polar surface area (TPSA) is 26.3 Å². The minimum atomic E-state index is -0.558. The van der Waals surface area contributed by atoms with E-state index in [1.165, 1.54) is 7.11 Å². The van der Waals surface area contributed by atoms with Gasteiger partial charge in [-0.2, -0.15) is 0 Å². The van der Waals surface area contributed by atoms with Crippen LogP contribution in [0, 0.1) is 0 Å². The number of carbonyl (C=O) groups excluding carboxylic acids is 1. The molecule has 2 aromatic carbocycles. The van der Waals surface area contributed by atoms with Crippen LogP contribution in [-0.4, -0.2) is 13.1 Å². The van der Waals surface area contributed by atoms with Gasteiger partial charge >= 0.3 is 5.97 Å². The molecule has 0 fully saturated rings. The van der Waals surface area contributed by atoms with Crippen molar-refractivity contribution in [2.45, 2.75) is 12.3 Å². The highest BCUT2D eigenvalue weighted by molar-refractivity contribution is 6.36. The second kappa shape index (κ2) is 7.17. The third-order valence-electron chi connectivity index (χ3n) is 3.19. The molecule has 0 aliphatic carbocycles. The average molecular weight is 344 g/mol. The molecule has 0 bridgehead atoms. The third kappa shape index (κ3) is 3.91. The fraction of sp³-hybridized carbons (Fsp3) is 0.188. The van der Waals surface area contributed by atoms with Gasteiger partial charge in [0.15, 0.2) is 0 Å². The number of esters is 1. The summed E-state index contributed by atoms with van der Waals surface area (Å²) in [5.74, 6) is -0.933. The number of halogens is 3. The zero-order valence-electron chi connectivity index (χ0n) is 11.3. The van der Waals surface area contributed by atoms with E-state index in [4.69, 9.17) is 39.5 Å². The minimum Gasteiger partial charge on any atom is -0.469 e. The highest BCUT2D eigenvalue weighted by Crippen LogP contribution is 2.34. The Morgan fingerprint density at radius 2 is 1.62 bits per heavy atom. The van der Waals surface area contributed by atoms with Crippen LogP contribution >= 0.6 is 34.8 Å². The monoisotopic (exact) mass is 342 g/mol. The molecular formula is C16H13Cl3O2. The quantitative estimate of drug-likeness (QED) is 0.718. The van der Waals surface area contributed by atoms with Crippen LogP contribution in [0.2, 0.25) is 15.1 Å². The lowest BCUT2D eigenvalue weighted by Crippen LogP contribution is -2.17. The molecule has 0 radical (unpaired) electrons. The van der Waals surface area contributed by atoms with E-state index in [9.17, 15) is 4.79 Å². The lowest BCUT2D eigenvalue weighted by molar-refractivity contribution is -0.142. The number of hydrogen-bond donors (Lipinski definition) is 0. The van der Waals surface area contributed by atoms with Crippen molar-refractivity contribution in [1.29, 1.82) is 0 Å². The van der Waals surface area contributed by atoms with Crippen molar-refractivity contribution >= 4 is 40.8 Å². The van der Waals surface area contributed by atoms with Gasteiger partial charge in [0.05, 0.1) is 13.0 Å². The highest BCUT2D eigenvalue weighted by atomic mass is 35.5. The molecule has 2 aromatic rings. The van der Waals surface area contributed by atoms with Crippen LogP contribution in [0.3, 0.4) is 0 Å². The Bertz CT molecular complexity index is 618. The standard InChI is InChI=1S/C16H13Cl3O2/c1-21-16(20)12(9-10-5-7-11(17)8-6-10)15-13(18)3-2-4-14(15)19/h2-8,12H,9H2,1H3. The minimum absolute atomic E-state index is 0.375. The Morgan fingerprint density at radius 1 is 1.05 bits per heavy atom. The maximum absolute atomic E-state index is 12.1. The van der Waals surface area contributed by atoms with Gasteiger partial charge in [-0.25, -0.2) is 0 Å². The molecule has 0 spiro atoms. The number of ether oxygens (including phenoxy) is 1. The van der Waals surface area contributed by atoms with Crippen molar-refractivity contribution < 1.29 is 9.53 Å². The van der Waals surface area contributed by atoms with Gasteiger partial charge in [0, 0.05) is 20.6 Å². The van der Waals surface area contributed by atoms with Crippen molar-refractivity contribution in [3.8, 4) is 0 Å². The molecule has 0 N–H and O–H groups in total. The van der Waals surface area contributed by atoms with E-state index in [0.29, 0.717) is 27.1 Å². The zero-order valence-corrected chi connectivity index (χ0v) is 13.5. The molecule has 0 amide bonds. The summed E-state index contributed by atoms with van der Waals surface area (Å²) < 4.78 is 4.89. The summed E-state index contributed by atoms with van der Waals surface area (Å²) in [5.41, 5.74) is 1.54. The Kier molecular flexibility index (Phi) is 5.51. The molecule has 0 heterocycles. The maximum Gasteiger partial charge on any atom is 0.313 e. The first-order valence-electron chi connectivity index (χ1n) is 6.29. The summed E-state index contributed by atoms with van der Waals surface area (Å²) in [7, 11) is 1.35. The van der Waals surface area contributed by atoms with E-state index in [1.807, 2.05) is 12.1 Å². The van der Waals surface area contributed by atoms with Crippen molar-refractivity contribution in [2.24, 2.45) is 0 Å². The van der Waals surface area contributed by atoms with Crippen LogP contribution in [0.15, 0.2) is 42.5 Å². The van der Waals surface area contributed by atoms with Crippen LogP contribution in [0.25, 0.3) is 0 Å². The van der Waals surface area contributed by atoms with Crippen LogP contribution < -0.4 is 0 Å². The van der Waals surface area contributed by atoms with E-state index in [-0.39, 0.29) is 5.97 Å². The normalized spacial score (nSPS) is 12.0. The zero-order chi connectivity index (χ0) is 15.4.